The van der Waals surface area contributed by atoms with E-state index in [2.05, 4.69) is 10.1 Å². The van der Waals surface area contributed by atoms with Crippen LogP contribution in [-0.2, 0) is 6.54 Å². The Labute approximate surface area is 134 Å². The molecule has 0 aliphatic carbocycles. The van der Waals surface area contributed by atoms with E-state index in [9.17, 15) is 10.1 Å². The quantitative estimate of drug-likeness (QED) is 0.622. The highest BCUT2D eigenvalue weighted by molar-refractivity contribution is 5.43. The fourth-order valence-corrected chi connectivity index (χ4v) is 3.11. The number of benzene rings is 1. The van der Waals surface area contributed by atoms with E-state index in [1.54, 1.807) is 19.2 Å². The normalized spacial score (nSPS) is 18.3. The summed E-state index contributed by atoms with van der Waals surface area (Å²) in [6, 6.07) is 6.83. The molecule has 0 radical (unpaired) electrons. The lowest BCUT2D eigenvalue weighted by Crippen LogP contribution is -2.23. The molecular weight excluding hydrogens is 298 g/mol. The Hall–Kier alpha value is -2.41. The molecule has 1 atom stereocenters. The molecular formula is C16H19N3O4. The summed E-state index contributed by atoms with van der Waals surface area (Å²) in [5.74, 6) is 1.46. The molecule has 1 aliphatic heterocycles. The van der Waals surface area contributed by atoms with Crippen LogP contribution in [0.15, 0.2) is 28.8 Å². The van der Waals surface area contributed by atoms with Crippen molar-refractivity contribution >= 4 is 5.69 Å². The molecule has 0 spiro atoms. The van der Waals surface area contributed by atoms with Gasteiger partial charge in [-0.25, -0.2) is 0 Å². The molecule has 7 nitrogen and oxygen atoms in total. The zero-order valence-corrected chi connectivity index (χ0v) is 13.2. The summed E-state index contributed by atoms with van der Waals surface area (Å²) in [5.41, 5.74) is 1.81. The van der Waals surface area contributed by atoms with Gasteiger partial charge in [0.15, 0.2) is 0 Å². The van der Waals surface area contributed by atoms with E-state index in [4.69, 9.17) is 9.26 Å². The smallest absolute Gasteiger partial charge is 0.270 e. The van der Waals surface area contributed by atoms with Gasteiger partial charge in [-0.3, -0.25) is 15.0 Å². The number of nitro groups is 1. The van der Waals surface area contributed by atoms with Gasteiger partial charge in [0.2, 0.25) is 0 Å². The molecule has 1 aromatic heterocycles. The van der Waals surface area contributed by atoms with E-state index in [1.165, 1.54) is 6.07 Å². The van der Waals surface area contributed by atoms with Crippen molar-refractivity contribution in [3.05, 3.63) is 51.4 Å². The van der Waals surface area contributed by atoms with Gasteiger partial charge in [-0.15, -0.1) is 0 Å². The van der Waals surface area contributed by atoms with Gasteiger partial charge in [0.25, 0.3) is 5.69 Å². The number of non-ortho nitro benzene ring substituents is 1. The SMILES string of the molecule is COc1ccc([N+](=O)[O-])cc1CN1CCC[C@@H]1c1cc(C)on1. The predicted octanol–water partition coefficient (Wildman–Crippen LogP) is 3.24. The van der Waals surface area contributed by atoms with Gasteiger partial charge in [0, 0.05) is 30.3 Å². The van der Waals surface area contributed by atoms with Crippen LogP contribution in [0.5, 0.6) is 5.75 Å². The van der Waals surface area contributed by atoms with Crippen LogP contribution >= 0.6 is 0 Å². The zero-order chi connectivity index (χ0) is 16.4. The summed E-state index contributed by atoms with van der Waals surface area (Å²) in [7, 11) is 1.58. The van der Waals surface area contributed by atoms with Gasteiger partial charge in [0.1, 0.15) is 17.2 Å². The van der Waals surface area contributed by atoms with Crippen LogP contribution in [0.4, 0.5) is 5.69 Å². The van der Waals surface area contributed by atoms with Gasteiger partial charge in [-0.05, 0) is 32.4 Å². The topological polar surface area (TPSA) is 81.6 Å². The average Bonchev–Trinajstić information content (AvgIpc) is 3.15. The number of nitrogens with zero attached hydrogens (tertiary/aromatic N) is 3. The first-order chi connectivity index (χ1) is 11.1. The van der Waals surface area contributed by atoms with Crippen molar-refractivity contribution in [1.82, 2.24) is 10.1 Å². The van der Waals surface area contributed by atoms with Crippen molar-refractivity contribution in [3.63, 3.8) is 0 Å². The maximum atomic E-state index is 11.0. The van der Waals surface area contributed by atoms with Crippen LogP contribution in [-0.4, -0.2) is 28.6 Å². The molecule has 1 fully saturated rings. The van der Waals surface area contributed by atoms with Crippen molar-refractivity contribution < 1.29 is 14.2 Å². The number of hydrogen-bond donors (Lipinski definition) is 0. The molecule has 23 heavy (non-hydrogen) atoms. The summed E-state index contributed by atoms with van der Waals surface area (Å²) in [4.78, 5) is 12.9. The minimum Gasteiger partial charge on any atom is -0.496 e. The molecule has 122 valence electrons. The summed E-state index contributed by atoms with van der Waals surface area (Å²) < 4.78 is 10.5. The maximum absolute atomic E-state index is 11.0. The molecule has 7 heteroatoms. The van der Waals surface area contributed by atoms with E-state index in [0.29, 0.717) is 12.3 Å². The van der Waals surface area contributed by atoms with Crippen molar-refractivity contribution in [2.75, 3.05) is 13.7 Å². The molecule has 3 rings (SSSR count). The van der Waals surface area contributed by atoms with Crippen LogP contribution < -0.4 is 4.74 Å². The van der Waals surface area contributed by atoms with E-state index in [-0.39, 0.29) is 16.7 Å². The monoisotopic (exact) mass is 317 g/mol. The molecule has 0 bridgehead atoms. The number of hydrogen-bond acceptors (Lipinski definition) is 6. The second kappa shape index (κ2) is 6.37. The Bertz CT molecular complexity index is 713. The second-order valence-electron chi connectivity index (χ2n) is 5.74. The fourth-order valence-electron chi connectivity index (χ4n) is 3.11. The summed E-state index contributed by atoms with van der Waals surface area (Å²) in [5, 5.41) is 15.1. The molecule has 1 saturated heterocycles. The second-order valence-corrected chi connectivity index (χ2v) is 5.74. The predicted molar refractivity (Wildman–Crippen MR) is 83.3 cm³/mol. The number of rotatable bonds is 5. The van der Waals surface area contributed by atoms with Gasteiger partial charge >= 0.3 is 0 Å². The van der Waals surface area contributed by atoms with E-state index in [1.807, 2.05) is 13.0 Å². The maximum Gasteiger partial charge on any atom is 0.270 e. The van der Waals surface area contributed by atoms with Crippen molar-refractivity contribution in [2.45, 2.75) is 32.4 Å². The average molecular weight is 317 g/mol. The third-order valence-electron chi connectivity index (χ3n) is 4.20. The third kappa shape index (κ3) is 3.19. The van der Waals surface area contributed by atoms with Crippen LogP contribution in [0.1, 0.15) is 35.9 Å². The Morgan fingerprint density at radius 3 is 2.96 bits per heavy atom. The zero-order valence-electron chi connectivity index (χ0n) is 13.2. The third-order valence-corrected chi connectivity index (χ3v) is 4.20. The van der Waals surface area contributed by atoms with Crippen molar-refractivity contribution in [3.8, 4) is 5.75 Å². The summed E-state index contributed by atoms with van der Waals surface area (Å²) in [6.07, 6.45) is 2.07. The molecule has 2 aromatic rings. The number of aryl methyl sites for hydroxylation is 1. The Kier molecular flexibility index (Phi) is 4.29. The first kappa shape index (κ1) is 15.5. The minimum absolute atomic E-state index is 0.0776. The number of aromatic nitrogens is 1. The Morgan fingerprint density at radius 2 is 2.30 bits per heavy atom. The van der Waals surface area contributed by atoms with Crippen LogP contribution in [0.25, 0.3) is 0 Å². The standard InChI is InChI=1S/C16H19N3O4/c1-11-8-14(17-23-11)15-4-3-7-18(15)10-12-9-13(19(20)21)5-6-16(12)22-2/h5-6,8-9,15H,3-4,7,10H2,1-2H3/t15-/m1/s1. The first-order valence-electron chi connectivity index (χ1n) is 7.57. The van der Waals surface area contributed by atoms with E-state index in [0.717, 1.165) is 36.4 Å². The molecule has 1 aliphatic rings. The largest absolute Gasteiger partial charge is 0.496 e. The number of likely N-dealkylation sites (tertiary alicyclic amines) is 1. The highest BCUT2D eigenvalue weighted by atomic mass is 16.6. The molecule has 0 unspecified atom stereocenters. The summed E-state index contributed by atoms with van der Waals surface area (Å²) in [6.45, 7) is 3.38. The molecule has 0 N–H and O–H groups in total. The van der Waals surface area contributed by atoms with Crippen molar-refractivity contribution in [2.24, 2.45) is 0 Å². The highest BCUT2D eigenvalue weighted by Gasteiger charge is 2.29. The minimum atomic E-state index is -0.384. The van der Waals surface area contributed by atoms with Crippen LogP contribution in [0, 0.1) is 17.0 Å². The Morgan fingerprint density at radius 1 is 1.48 bits per heavy atom. The van der Waals surface area contributed by atoms with Gasteiger partial charge in [0.05, 0.1) is 18.1 Å². The lowest BCUT2D eigenvalue weighted by molar-refractivity contribution is -0.385. The van der Waals surface area contributed by atoms with Gasteiger partial charge < -0.3 is 9.26 Å². The number of ether oxygens (including phenoxy) is 1. The molecule has 1 aromatic carbocycles. The number of methoxy groups -OCH3 is 1. The van der Waals surface area contributed by atoms with Crippen molar-refractivity contribution in [1.29, 1.82) is 0 Å². The summed E-state index contributed by atoms with van der Waals surface area (Å²) >= 11 is 0. The number of nitro benzene ring substituents is 1. The Balaban J connectivity index is 1.85. The van der Waals surface area contributed by atoms with Gasteiger partial charge in [-0.1, -0.05) is 5.16 Å². The lowest BCUT2D eigenvalue weighted by Gasteiger charge is -2.23. The fraction of sp³-hybridized carbons (Fsp3) is 0.438. The molecule has 0 saturated carbocycles. The van der Waals surface area contributed by atoms with E-state index >= 15 is 0 Å². The highest BCUT2D eigenvalue weighted by Crippen LogP contribution is 2.35. The van der Waals surface area contributed by atoms with Crippen LogP contribution in [0.2, 0.25) is 0 Å². The van der Waals surface area contributed by atoms with Gasteiger partial charge in [-0.2, -0.15) is 0 Å². The first-order valence-corrected chi connectivity index (χ1v) is 7.57. The lowest BCUT2D eigenvalue weighted by atomic mass is 10.1. The molecule has 0 amide bonds. The molecule has 2 heterocycles. The van der Waals surface area contributed by atoms with E-state index < -0.39 is 0 Å². The van der Waals surface area contributed by atoms with Crippen LogP contribution in [0.3, 0.4) is 0 Å².